The van der Waals surface area contributed by atoms with Crippen LogP contribution in [-0.4, -0.2) is 34.8 Å². The van der Waals surface area contributed by atoms with Crippen molar-refractivity contribution in [3.63, 3.8) is 0 Å². The lowest BCUT2D eigenvalue weighted by Gasteiger charge is -2.35. The van der Waals surface area contributed by atoms with Gasteiger partial charge in [0.2, 0.25) is 5.76 Å². The number of aliphatic hydroxyl groups is 1. The van der Waals surface area contributed by atoms with Crippen molar-refractivity contribution in [1.82, 2.24) is 10.3 Å². The third-order valence-electron chi connectivity index (χ3n) is 4.39. The number of oxazole rings is 1. The topological polar surface area (TPSA) is 84.6 Å². The van der Waals surface area contributed by atoms with Crippen molar-refractivity contribution < 1.29 is 19.1 Å². The molecule has 6 heteroatoms. The van der Waals surface area contributed by atoms with Gasteiger partial charge >= 0.3 is 0 Å². The van der Waals surface area contributed by atoms with Gasteiger partial charge < -0.3 is 19.6 Å². The number of aryl methyl sites for hydroxylation is 1. The Hall–Kier alpha value is -2.34. The van der Waals surface area contributed by atoms with E-state index >= 15 is 0 Å². The average molecular weight is 330 g/mol. The van der Waals surface area contributed by atoms with E-state index in [-0.39, 0.29) is 23.7 Å². The van der Waals surface area contributed by atoms with Crippen LogP contribution in [0.4, 0.5) is 0 Å². The predicted molar refractivity (Wildman–Crippen MR) is 87.8 cm³/mol. The van der Waals surface area contributed by atoms with Crippen LogP contribution in [0.5, 0.6) is 5.75 Å². The van der Waals surface area contributed by atoms with E-state index in [1.807, 2.05) is 31.2 Å². The monoisotopic (exact) mass is 330 g/mol. The Balaban J connectivity index is 1.56. The van der Waals surface area contributed by atoms with Gasteiger partial charge in [-0.3, -0.25) is 4.79 Å². The zero-order valence-corrected chi connectivity index (χ0v) is 13.6. The second-order valence-corrected chi connectivity index (χ2v) is 6.23. The molecule has 24 heavy (non-hydrogen) atoms. The first-order valence-electron chi connectivity index (χ1n) is 8.21. The molecule has 1 aliphatic carbocycles. The van der Waals surface area contributed by atoms with Crippen LogP contribution in [0.2, 0.25) is 0 Å². The molecule has 0 radical (unpaired) electrons. The molecule has 0 unspecified atom stereocenters. The molecule has 0 aliphatic heterocycles. The molecule has 1 aliphatic rings. The first-order valence-corrected chi connectivity index (χ1v) is 8.21. The number of hydrogen-bond acceptors (Lipinski definition) is 5. The van der Waals surface area contributed by atoms with Gasteiger partial charge in [-0.1, -0.05) is 12.1 Å². The summed E-state index contributed by atoms with van der Waals surface area (Å²) >= 11 is 0. The maximum atomic E-state index is 11.9. The molecule has 1 amide bonds. The number of carbonyl (C=O) groups excluding carboxylic acids is 1. The van der Waals surface area contributed by atoms with Crippen LogP contribution in [0.15, 0.2) is 41.3 Å². The van der Waals surface area contributed by atoms with E-state index in [4.69, 9.17) is 9.15 Å². The summed E-state index contributed by atoms with van der Waals surface area (Å²) < 4.78 is 10.9. The van der Waals surface area contributed by atoms with Crippen LogP contribution in [0.1, 0.15) is 35.4 Å². The van der Waals surface area contributed by atoms with Crippen molar-refractivity contribution in [2.45, 2.75) is 38.4 Å². The predicted octanol–water partition coefficient (Wildman–Crippen LogP) is 2.32. The Bertz CT molecular complexity index is 671. The smallest absolute Gasteiger partial charge is 0.288 e. The minimum absolute atomic E-state index is 0.0413. The van der Waals surface area contributed by atoms with Gasteiger partial charge in [0.25, 0.3) is 5.91 Å². The van der Waals surface area contributed by atoms with Crippen molar-refractivity contribution >= 4 is 5.91 Å². The molecule has 2 N–H and O–H groups in total. The van der Waals surface area contributed by atoms with Gasteiger partial charge in [0, 0.05) is 12.5 Å². The summed E-state index contributed by atoms with van der Waals surface area (Å²) in [6.07, 6.45) is 4.33. The highest BCUT2D eigenvalue weighted by Crippen LogP contribution is 2.28. The Morgan fingerprint density at radius 2 is 2.33 bits per heavy atom. The number of benzene rings is 1. The van der Waals surface area contributed by atoms with Crippen LogP contribution in [0, 0.1) is 12.8 Å². The molecule has 3 rings (SSSR count). The van der Waals surface area contributed by atoms with Crippen molar-refractivity contribution in [2.75, 3.05) is 6.54 Å². The molecule has 128 valence electrons. The second-order valence-electron chi connectivity index (χ2n) is 6.23. The van der Waals surface area contributed by atoms with Gasteiger partial charge in [0.05, 0.1) is 12.3 Å². The zero-order valence-electron chi connectivity index (χ0n) is 13.6. The highest BCUT2D eigenvalue weighted by atomic mass is 16.5. The zero-order chi connectivity index (χ0) is 16.9. The summed E-state index contributed by atoms with van der Waals surface area (Å²) in [7, 11) is 0. The van der Waals surface area contributed by atoms with E-state index in [2.05, 4.69) is 10.3 Å². The number of hydrogen-bond donors (Lipinski definition) is 2. The fraction of sp³-hybridized carbons (Fsp3) is 0.444. The van der Waals surface area contributed by atoms with Crippen molar-refractivity contribution in [1.29, 1.82) is 0 Å². The Morgan fingerprint density at radius 1 is 1.46 bits per heavy atom. The Morgan fingerprint density at radius 3 is 3.08 bits per heavy atom. The van der Waals surface area contributed by atoms with Gasteiger partial charge in [-0.05, 0) is 43.9 Å². The van der Waals surface area contributed by atoms with Gasteiger partial charge in [-0.15, -0.1) is 0 Å². The largest absolute Gasteiger partial charge is 0.488 e. The molecule has 0 spiro atoms. The third-order valence-corrected chi connectivity index (χ3v) is 4.39. The lowest BCUT2D eigenvalue weighted by Crippen LogP contribution is -2.45. The van der Waals surface area contributed by atoms with Gasteiger partial charge in [0.15, 0.2) is 6.39 Å². The van der Waals surface area contributed by atoms with E-state index in [1.165, 1.54) is 12.6 Å². The molecule has 1 heterocycles. The van der Waals surface area contributed by atoms with Crippen molar-refractivity contribution in [3.05, 3.63) is 48.2 Å². The molecular formula is C18H22N2O4. The van der Waals surface area contributed by atoms with Crippen molar-refractivity contribution in [2.24, 2.45) is 5.92 Å². The molecule has 2 aromatic rings. The van der Waals surface area contributed by atoms with Crippen LogP contribution in [-0.2, 0) is 0 Å². The van der Waals surface area contributed by atoms with E-state index in [1.54, 1.807) is 0 Å². The summed E-state index contributed by atoms with van der Waals surface area (Å²) in [6.45, 7) is 2.39. The number of aliphatic hydroxyl groups excluding tert-OH is 1. The quantitative estimate of drug-likeness (QED) is 0.879. The van der Waals surface area contributed by atoms with E-state index in [0.29, 0.717) is 6.54 Å². The molecule has 0 saturated heterocycles. The number of ether oxygens (including phenoxy) is 1. The maximum absolute atomic E-state index is 11.9. The number of rotatable bonds is 5. The summed E-state index contributed by atoms with van der Waals surface area (Å²) in [5.41, 5.74) is 1.12. The van der Waals surface area contributed by atoms with Gasteiger partial charge in [-0.2, -0.15) is 0 Å². The molecule has 1 aromatic carbocycles. The Labute approximate surface area is 140 Å². The van der Waals surface area contributed by atoms with Gasteiger partial charge in [0.1, 0.15) is 11.9 Å². The van der Waals surface area contributed by atoms with Crippen LogP contribution < -0.4 is 10.1 Å². The van der Waals surface area contributed by atoms with E-state index < -0.39 is 6.10 Å². The maximum Gasteiger partial charge on any atom is 0.288 e. The van der Waals surface area contributed by atoms with Crippen molar-refractivity contribution in [3.8, 4) is 5.75 Å². The first-order chi connectivity index (χ1) is 11.6. The average Bonchev–Trinajstić information content (AvgIpc) is 3.10. The van der Waals surface area contributed by atoms with E-state index in [0.717, 1.165) is 30.6 Å². The fourth-order valence-electron chi connectivity index (χ4n) is 3.08. The van der Waals surface area contributed by atoms with Crippen LogP contribution in [0.3, 0.4) is 0 Å². The third kappa shape index (κ3) is 3.94. The first kappa shape index (κ1) is 16.5. The summed E-state index contributed by atoms with van der Waals surface area (Å²) in [4.78, 5) is 15.6. The molecule has 1 fully saturated rings. The lowest BCUT2D eigenvalue weighted by molar-refractivity contribution is -0.0301. The standard InChI is InChI=1S/C18H22N2O4/c1-12-4-2-6-14(8-12)24-15-7-3-5-13(17(15)21)9-20-18(22)16-10-19-11-23-16/h2,4,6,8,10-11,13,15,17,21H,3,5,7,9H2,1H3,(H,20,22)/t13-,15-,17-/m1/s1. The molecule has 3 atom stereocenters. The SMILES string of the molecule is Cc1cccc(O[C@@H]2CCC[C@H](CNC(=O)c3cnco3)[C@H]2O)c1. The molecule has 1 saturated carbocycles. The number of nitrogens with zero attached hydrogens (tertiary/aromatic N) is 1. The highest BCUT2D eigenvalue weighted by Gasteiger charge is 2.33. The van der Waals surface area contributed by atoms with Crippen LogP contribution in [0.25, 0.3) is 0 Å². The molecule has 6 nitrogen and oxygen atoms in total. The summed E-state index contributed by atoms with van der Waals surface area (Å²) in [5.74, 6) is 0.583. The lowest BCUT2D eigenvalue weighted by atomic mass is 9.84. The highest BCUT2D eigenvalue weighted by molar-refractivity contribution is 5.90. The van der Waals surface area contributed by atoms with Crippen LogP contribution >= 0.6 is 0 Å². The normalized spacial score (nSPS) is 23.7. The second kappa shape index (κ2) is 7.49. The molecule has 1 aromatic heterocycles. The fourth-order valence-corrected chi connectivity index (χ4v) is 3.08. The number of carbonyl (C=O) groups is 1. The van der Waals surface area contributed by atoms with E-state index in [9.17, 15) is 9.90 Å². The minimum atomic E-state index is -0.616. The molecule has 0 bridgehead atoms. The number of amides is 1. The minimum Gasteiger partial charge on any atom is -0.488 e. The number of nitrogens with one attached hydrogen (secondary N) is 1. The molecular weight excluding hydrogens is 308 g/mol. The summed E-state index contributed by atoms with van der Waals surface area (Å²) in [5, 5.41) is 13.4. The van der Waals surface area contributed by atoms with Gasteiger partial charge in [-0.25, -0.2) is 4.98 Å². The summed E-state index contributed by atoms with van der Waals surface area (Å²) in [6, 6.07) is 7.80. The Kier molecular flexibility index (Phi) is 5.15. The number of aromatic nitrogens is 1.